The van der Waals surface area contributed by atoms with Crippen molar-refractivity contribution in [2.45, 2.75) is 13.0 Å². The lowest BCUT2D eigenvalue weighted by atomic mass is 10.2. The Labute approximate surface area is 101 Å². The zero-order chi connectivity index (χ0) is 11.4. The van der Waals surface area contributed by atoms with E-state index in [1.54, 1.807) is 6.07 Å². The molecule has 3 nitrogen and oxygen atoms in total. The summed E-state index contributed by atoms with van der Waals surface area (Å²) < 4.78 is 5.40. The number of benzene rings is 1. The number of rotatable bonds is 2. The van der Waals surface area contributed by atoms with Gasteiger partial charge in [0.1, 0.15) is 5.75 Å². The van der Waals surface area contributed by atoms with Gasteiger partial charge in [-0.1, -0.05) is 17.7 Å². The van der Waals surface area contributed by atoms with Crippen LogP contribution in [0.25, 0.3) is 0 Å². The Balaban J connectivity index is 1.99. The molecule has 2 rings (SSSR count). The van der Waals surface area contributed by atoms with Crippen LogP contribution in [0.4, 0.5) is 0 Å². The Morgan fingerprint density at radius 1 is 1.31 bits per heavy atom. The van der Waals surface area contributed by atoms with Crippen LogP contribution in [-0.4, -0.2) is 36.3 Å². The first-order chi connectivity index (χ1) is 7.75. The zero-order valence-electron chi connectivity index (χ0n) is 9.16. The molecule has 1 fully saturated rings. The molecule has 1 heterocycles. The predicted molar refractivity (Wildman–Crippen MR) is 63.8 cm³/mol. The molecule has 1 aliphatic rings. The number of phenolic OH excluding ortho intramolecular Hbond substituents is 1. The van der Waals surface area contributed by atoms with E-state index in [0.717, 1.165) is 44.8 Å². The summed E-state index contributed by atoms with van der Waals surface area (Å²) >= 11 is 5.87. The first-order valence-corrected chi connectivity index (χ1v) is 5.91. The highest BCUT2D eigenvalue weighted by Gasteiger charge is 2.10. The molecule has 0 radical (unpaired) electrons. The van der Waals surface area contributed by atoms with Crippen LogP contribution in [0.2, 0.25) is 5.02 Å². The molecule has 1 aromatic rings. The summed E-state index contributed by atoms with van der Waals surface area (Å²) in [6.45, 7) is 4.53. The summed E-state index contributed by atoms with van der Waals surface area (Å²) in [7, 11) is 0. The Morgan fingerprint density at radius 3 is 3.00 bits per heavy atom. The van der Waals surface area contributed by atoms with Crippen molar-refractivity contribution < 1.29 is 9.84 Å². The van der Waals surface area contributed by atoms with Gasteiger partial charge in [0.05, 0.1) is 11.6 Å². The second kappa shape index (κ2) is 5.53. The standard InChI is InChI=1S/C12H16ClNO2/c13-11-8-10(2-3-12(11)15)9-14-4-1-6-16-7-5-14/h2-3,8,15H,1,4-7,9H2. The van der Waals surface area contributed by atoms with Crippen LogP contribution in [-0.2, 0) is 11.3 Å². The van der Waals surface area contributed by atoms with Crippen molar-refractivity contribution in [1.29, 1.82) is 0 Å². The smallest absolute Gasteiger partial charge is 0.134 e. The van der Waals surface area contributed by atoms with Gasteiger partial charge in [-0.2, -0.15) is 0 Å². The first kappa shape index (κ1) is 11.7. The molecule has 1 N–H and O–H groups in total. The zero-order valence-corrected chi connectivity index (χ0v) is 9.91. The quantitative estimate of drug-likeness (QED) is 0.862. The molecular formula is C12H16ClNO2. The first-order valence-electron chi connectivity index (χ1n) is 5.53. The van der Waals surface area contributed by atoms with Crippen LogP contribution >= 0.6 is 11.6 Å². The van der Waals surface area contributed by atoms with E-state index in [1.807, 2.05) is 12.1 Å². The molecule has 0 atom stereocenters. The van der Waals surface area contributed by atoms with Gasteiger partial charge in [0.25, 0.3) is 0 Å². The highest BCUT2D eigenvalue weighted by Crippen LogP contribution is 2.24. The van der Waals surface area contributed by atoms with Crippen molar-refractivity contribution in [3.05, 3.63) is 28.8 Å². The molecule has 0 aliphatic carbocycles. The minimum atomic E-state index is 0.143. The van der Waals surface area contributed by atoms with Crippen LogP contribution in [0.1, 0.15) is 12.0 Å². The maximum atomic E-state index is 9.33. The SMILES string of the molecule is Oc1ccc(CN2CCCOCC2)cc1Cl. The molecule has 0 unspecified atom stereocenters. The molecule has 16 heavy (non-hydrogen) atoms. The second-order valence-corrected chi connectivity index (χ2v) is 4.44. The van der Waals surface area contributed by atoms with Crippen molar-refractivity contribution >= 4 is 11.6 Å². The summed E-state index contributed by atoms with van der Waals surface area (Å²) in [6, 6.07) is 5.38. The molecule has 0 spiro atoms. The largest absolute Gasteiger partial charge is 0.506 e. The van der Waals surface area contributed by atoms with Crippen LogP contribution < -0.4 is 0 Å². The van der Waals surface area contributed by atoms with Gasteiger partial charge in [-0.15, -0.1) is 0 Å². The van der Waals surface area contributed by atoms with Gasteiger partial charge >= 0.3 is 0 Å². The third-order valence-corrected chi connectivity index (χ3v) is 3.04. The van der Waals surface area contributed by atoms with E-state index in [-0.39, 0.29) is 5.75 Å². The van der Waals surface area contributed by atoms with E-state index >= 15 is 0 Å². The molecule has 1 saturated heterocycles. The van der Waals surface area contributed by atoms with Crippen molar-refractivity contribution in [1.82, 2.24) is 4.90 Å². The maximum absolute atomic E-state index is 9.33. The van der Waals surface area contributed by atoms with Crippen molar-refractivity contribution in [2.75, 3.05) is 26.3 Å². The van der Waals surface area contributed by atoms with Gasteiger partial charge in [-0.25, -0.2) is 0 Å². The lowest BCUT2D eigenvalue weighted by molar-refractivity contribution is 0.140. The number of phenols is 1. The van der Waals surface area contributed by atoms with Gasteiger partial charge in [0.2, 0.25) is 0 Å². The summed E-state index contributed by atoms with van der Waals surface area (Å²) in [5.41, 5.74) is 1.13. The van der Waals surface area contributed by atoms with E-state index in [1.165, 1.54) is 0 Å². The Bertz CT molecular complexity index is 349. The number of aromatic hydroxyl groups is 1. The third-order valence-electron chi connectivity index (χ3n) is 2.73. The number of halogens is 1. The van der Waals surface area contributed by atoms with Crippen molar-refractivity contribution in [2.24, 2.45) is 0 Å². The highest BCUT2D eigenvalue weighted by atomic mass is 35.5. The molecule has 1 aliphatic heterocycles. The molecule has 0 bridgehead atoms. The molecule has 1 aromatic carbocycles. The van der Waals surface area contributed by atoms with Gasteiger partial charge in [-0.3, -0.25) is 4.90 Å². The fourth-order valence-electron chi connectivity index (χ4n) is 1.86. The Morgan fingerprint density at radius 2 is 2.19 bits per heavy atom. The Hall–Kier alpha value is -0.770. The van der Waals surface area contributed by atoms with Crippen LogP contribution in [0.5, 0.6) is 5.75 Å². The topological polar surface area (TPSA) is 32.7 Å². The molecule has 4 heteroatoms. The van der Waals surface area contributed by atoms with Gasteiger partial charge in [-0.05, 0) is 24.1 Å². The predicted octanol–water partition coefficient (Wildman–Crippen LogP) is 2.27. The molecular weight excluding hydrogens is 226 g/mol. The molecule has 0 amide bonds. The fraction of sp³-hybridized carbons (Fsp3) is 0.500. The van der Waals surface area contributed by atoms with Crippen molar-refractivity contribution in [3.63, 3.8) is 0 Å². The number of nitrogens with zero attached hydrogens (tertiary/aromatic N) is 1. The monoisotopic (exact) mass is 241 g/mol. The lowest BCUT2D eigenvalue weighted by Crippen LogP contribution is -2.25. The fourth-order valence-corrected chi connectivity index (χ4v) is 2.07. The molecule has 0 saturated carbocycles. The number of ether oxygens (including phenoxy) is 1. The maximum Gasteiger partial charge on any atom is 0.134 e. The summed E-state index contributed by atoms with van der Waals surface area (Å²) in [5, 5.41) is 9.75. The van der Waals surface area contributed by atoms with Gasteiger partial charge in [0.15, 0.2) is 0 Å². The summed E-state index contributed by atoms with van der Waals surface area (Å²) in [5.74, 6) is 0.143. The number of hydrogen-bond donors (Lipinski definition) is 1. The van der Waals surface area contributed by atoms with E-state index in [2.05, 4.69) is 4.90 Å². The van der Waals surface area contributed by atoms with Gasteiger partial charge < -0.3 is 9.84 Å². The van der Waals surface area contributed by atoms with Gasteiger partial charge in [0, 0.05) is 26.2 Å². The minimum Gasteiger partial charge on any atom is -0.506 e. The normalized spacial score (nSPS) is 18.3. The lowest BCUT2D eigenvalue weighted by Gasteiger charge is -2.19. The van der Waals surface area contributed by atoms with Crippen LogP contribution in [0.15, 0.2) is 18.2 Å². The van der Waals surface area contributed by atoms with Crippen molar-refractivity contribution in [3.8, 4) is 5.75 Å². The van der Waals surface area contributed by atoms with E-state index in [4.69, 9.17) is 16.3 Å². The van der Waals surface area contributed by atoms with Crippen LogP contribution in [0.3, 0.4) is 0 Å². The average molecular weight is 242 g/mol. The molecule has 0 aromatic heterocycles. The highest BCUT2D eigenvalue weighted by molar-refractivity contribution is 6.32. The van der Waals surface area contributed by atoms with E-state index in [0.29, 0.717) is 5.02 Å². The third kappa shape index (κ3) is 3.11. The summed E-state index contributed by atoms with van der Waals surface area (Å²) in [4.78, 5) is 2.34. The second-order valence-electron chi connectivity index (χ2n) is 4.03. The average Bonchev–Trinajstić information content (AvgIpc) is 2.52. The van der Waals surface area contributed by atoms with E-state index < -0.39 is 0 Å². The Kier molecular flexibility index (Phi) is 4.04. The molecule has 88 valence electrons. The summed E-state index contributed by atoms with van der Waals surface area (Å²) in [6.07, 6.45) is 1.08. The van der Waals surface area contributed by atoms with Crippen LogP contribution in [0, 0.1) is 0 Å². The number of hydrogen-bond acceptors (Lipinski definition) is 3. The van der Waals surface area contributed by atoms with E-state index in [9.17, 15) is 5.11 Å². The minimum absolute atomic E-state index is 0.143.